The van der Waals surface area contributed by atoms with Gasteiger partial charge in [-0.3, -0.25) is 43.2 Å². The summed E-state index contributed by atoms with van der Waals surface area (Å²) in [6.07, 6.45) is 19.3. The van der Waals surface area contributed by atoms with Gasteiger partial charge in [0.2, 0.25) is 53.2 Å². The summed E-state index contributed by atoms with van der Waals surface area (Å²) in [5.41, 5.74) is 29.2. The van der Waals surface area contributed by atoms with E-state index in [1.807, 2.05) is 63.9 Å². The molecule has 10 radical (unpaired) electrons. The molecule has 1 saturated heterocycles. The number of hydrogen-bond acceptors (Lipinski definition) is 14. The van der Waals surface area contributed by atoms with Gasteiger partial charge in [0.25, 0.3) is 0 Å². The molecule has 2 aromatic heterocycles. The number of amides is 11. The van der Waals surface area contributed by atoms with Crippen LogP contribution in [0.15, 0.2) is 36.7 Å². The van der Waals surface area contributed by atoms with E-state index >= 15 is 4.79 Å². The number of benzene rings is 1. The van der Waals surface area contributed by atoms with Crippen molar-refractivity contribution in [3.8, 4) is 0 Å². The maximum absolute atomic E-state index is 15.1. The third-order valence-corrected chi connectivity index (χ3v) is 13.0. The molecule has 0 unspecified atom stereocenters. The number of nitrogens with two attached hydrogens (primary N) is 5. The summed E-state index contributed by atoms with van der Waals surface area (Å²) in [6.45, 7) is 2.45. The first kappa shape index (κ1) is 64.4. The van der Waals surface area contributed by atoms with Gasteiger partial charge in [0.15, 0.2) is 0 Å². The Labute approximate surface area is 468 Å². The zero-order chi connectivity index (χ0) is 57.1. The van der Waals surface area contributed by atoms with E-state index in [1.165, 1.54) is 9.58 Å². The molecule has 0 spiro atoms. The van der Waals surface area contributed by atoms with Crippen molar-refractivity contribution >= 4 is 70.1 Å². The molecule has 0 bridgehead atoms. The van der Waals surface area contributed by atoms with Crippen LogP contribution >= 0.6 is 0 Å². The molecule has 1 aliphatic heterocycles. The monoisotopic (exact) mass is 1140 g/mol. The van der Waals surface area contributed by atoms with E-state index < -0.39 is 133 Å². The molecular weight excluding hydrogens is 1070 g/mol. The van der Waals surface area contributed by atoms with Gasteiger partial charge in [-0.05, 0) is 88.2 Å². The Morgan fingerprint density at radius 1 is 0.772 bits per heavy atom. The molecule has 79 heavy (non-hydrogen) atoms. The van der Waals surface area contributed by atoms with E-state index in [9.17, 15) is 48.3 Å². The molecule has 28 heteroatoms. The van der Waals surface area contributed by atoms with Crippen LogP contribution in [0.2, 0.25) is 0 Å². The number of nitrogens with zero attached hydrogens (tertiary/aromatic N) is 4. The van der Waals surface area contributed by atoms with Crippen molar-refractivity contribution in [2.75, 3.05) is 19.7 Å². The fourth-order valence-electron chi connectivity index (χ4n) is 8.58. The Morgan fingerprint density at radius 2 is 1.35 bits per heavy atom. The van der Waals surface area contributed by atoms with Gasteiger partial charge in [0.05, 0.1) is 37.2 Å². The van der Waals surface area contributed by atoms with Crippen LogP contribution in [0.5, 0.6) is 0 Å². The minimum Gasteiger partial charge on any atom is -0.394 e. The van der Waals surface area contributed by atoms with Gasteiger partial charge >= 0.3 is 23.1 Å². The molecule has 2 saturated carbocycles. The summed E-state index contributed by atoms with van der Waals surface area (Å²) in [7, 11) is 0. The molecule has 3 heterocycles. The molecule has 3 aromatic rings. The van der Waals surface area contributed by atoms with Crippen LogP contribution in [0.1, 0.15) is 69.7 Å². The maximum Gasteiger partial charge on any atom is 2.00 e. The Morgan fingerprint density at radius 3 is 1.94 bits per heavy atom. The fourth-order valence-corrected chi connectivity index (χ4v) is 8.58. The molecule has 27 nitrogen and oxygen atoms in total. The predicted molar refractivity (Wildman–Crippen MR) is 280 cm³/mol. The number of aromatic nitrogens is 4. The van der Waals surface area contributed by atoms with Crippen molar-refractivity contribution in [2.45, 2.75) is 107 Å². The van der Waals surface area contributed by atoms with Gasteiger partial charge in [0, 0.05) is 55.1 Å². The number of primary amides is 4. The molecule has 11 amide bonds. The van der Waals surface area contributed by atoms with E-state index in [4.69, 9.17) is 28.7 Å². The second-order valence-electron chi connectivity index (χ2n) is 18.8. The van der Waals surface area contributed by atoms with Crippen molar-refractivity contribution in [1.82, 2.24) is 56.8 Å². The van der Waals surface area contributed by atoms with Crippen molar-refractivity contribution in [3.63, 3.8) is 0 Å². The van der Waals surface area contributed by atoms with Gasteiger partial charge in [-0.15, -0.1) is 5.10 Å². The number of H-pyrrole nitrogens is 1. The van der Waals surface area contributed by atoms with Gasteiger partial charge in [-0.2, -0.15) is 0 Å². The number of nitrogens with one attached hydrogen (secondary N) is 7. The SMILES string of the molecule is CC[C@H](C)[C@H](NC(=O)[C@H](CC(N)=O)NC(=O)[C@H](CC(N)=O)NC(=O)[C@@H](N)CCCNC(N)=O)C(=O)N1C[C@@H](n2cc([C]3[CH][CH][CH][CH]3)nn2)C[C@H]1C(=O)N[C@H](Cc1c[nH]c2ccccc12)C(=O)N[C@@H](CO)C(N)=O.[CH]1[CH][CH][CH][CH]1.[Fe+2]. The zero-order valence-electron chi connectivity index (χ0n) is 43.5. The van der Waals surface area contributed by atoms with Crippen LogP contribution in [0, 0.1) is 69.6 Å². The topological polar surface area (TPSA) is 443 Å². The maximum atomic E-state index is 15.1. The number of para-hydroxylation sites is 1. The quantitative estimate of drug-likeness (QED) is 0.0259. The first-order chi connectivity index (χ1) is 37.2. The summed E-state index contributed by atoms with van der Waals surface area (Å²) in [5, 5.41) is 33.9. The third-order valence-electron chi connectivity index (χ3n) is 13.0. The number of hydrogen-bond donors (Lipinski definition) is 13. The van der Waals surface area contributed by atoms with Gasteiger partial charge in [-0.1, -0.05) is 43.7 Å². The first-order valence-corrected chi connectivity index (χ1v) is 25.1. The molecule has 18 N–H and O–H groups in total. The summed E-state index contributed by atoms with van der Waals surface area (Å²) < 4.78 is 1.50. The number of fused-ring (bicyclic) bond motifs is 1. The van der Waals surface area contributed by atoms with Crippen LogP contribution < -0.4 is 60.6 Å². The molecule has 1 aromatic carbocycles. The number of carbonyl (C=O) groups is 10. The van der Waals surface area contributed by atoms with Crippen LogP contribution in [0.3, 0.4) is 0 Å². The second kappa shape index (κ2) is 31.4. The minimum atomic E-state index is -1.78. The number of aliphatic hydroxyl groups is 1. The van der Waals surface area contributed by atoms with Crippen LogP contribution in [-0.2, 0) is 66.6 Å². The van der Waals surface area contributed by atoms with E-state index in [2.05, 4.69) is 47.2 Å². The van der Waals surface area contributed by atoms with Crippen LogP contribution in [0.4, 0.5) is 4.79 Å². The minimum absolute atomic E-state index is 0. The van der Waals surface area contributed by atoms with Crippen LogP contribution in [0.25, 0.3) is 10.9 Å². The molecule has 424 valence electrons. The van der Waals surface area contributed by atoms with E-state index in [1.54, 1.807) is 44.4 Å². The predicted octanol–water partition coefficient (Wildman–Crippen LogP) is -3.61. The Balaban J connectivity index is 0.00000212. The zero-order valence-corrected chi connectivity index (χ0v) is 44.6. The standard InChI is InChI=1S/C46H63N16O11.C5H5.Fe/c1-3-23(2)38(58-43(70)32(18-37(49)65)55-42(69)31(17-36(48)64)54-40(67)28(47)12-8-14-52-46(51)73)45(72)61-20-26(62-21-33(59-60-62)24-9-4-5-10-24)16-35(61)44(71)56-30(41(68)57-34(22-63)39(50)66)15-25-19-53-29-13-7-6-11-27(25)29;1-2-4-5-3-1;/h4-7,9-11,13,19,21,23,26,28,30-32,34-35,38,53,63H,3,8,12,14-18,20,22,47H2,1-2H3,(H2,48,64)(H2,49,65)(H2,50,66)(H,54,67)(H,55,69)(H,56,71)(H,57,68)(H,58,70)(H3,51,52,73);1-5H;/q;;+2/t23-,26-,28-,30+,31-,32-,34-,35-,38-;;/m0../s1. The van der Waals surface area contributed by atoms with Crippen LogP contribution in [-0.4, -0.2) is 151 Å². The summed E-state index contributed by atoms with van der Waals surface area (Å²) >= 11 is 0. The van der Waals surface area contributed by atoms with E-state index in [0.717, 1.165) is 16.8 Å². The Kier molecular flexibility index (Phi) is 25.6. The number of likely N-dealkylation sites (tertiary alicyclic amines) is 1. The van der Waals surface area contributed by atoms with E-state index in [0.29, 0.717) is 11.3 Å². The third kappa shape index (κ3) is 19.0. The van der Waals surface area contributed by atoms with E-state index in [-0.39, 0.29) is 62.3 Å². The molecular formula is C51H68FeN16O11+2. The smallest absolute Gasteiger partial charge is 0.394 e. The normalized spacial score (nSPS) is 18.7. The average molecular weight is 1140 g/mol. The summed E-state index contributed by atoms with van der Waals surface area (Å²) in [5.74, 6) is -8.62. The number of aromatic amines is 1. The second-order valence-corrected chi connectivity index (χ2v) is 18.8. The number of urea groups is 1. The molecule has 3 fully saturated rings. The number of aliphatic hydroxyl groups excluding tert-OH is 1. The van der Waals surface area contributed by atoms with Crippen molar-refractivity contribution < 1.29 is 70.1 Å². The number of rotatable bonds is 27. The Bertz CT molecular complexity index is 2580. The summed E-state index contributed by atoms with van der Waals surface area (Å²) in [4.78, 5) is 137. The van der Waals surface area contributed by atoms with Gasteiger partial charge < -0.3 is 75.6 Å². The summed E-state index contributed by atoms with van der Waals surface area (Å²) in [6, 6.07) is -4.69. The average Bonchev–Trinajstić information content (AvgIpc) is 4.30. The number of carbonyl (C=O) groups excluding carboxylic acids is 10. The fraction of sp³-hybridized carbons (Fsp3) is 0.412. The largest absolute Gasteiger partial charge is 2.00 e. The Hall–Kier alpha value is -7.16. The molecule has 6 rings (SSSR count). The van der Waals surface area contributed by atoms with Gasteiger partial charge in [-0.25, -0.2) is 9.48 Å². The molecule has 3 aliphatic rings. The van der Waals surface area contributed by atoms with Crippen molar-refractivity contribution in [3.05, 3.63) is 112 Å². The first-order valence-electron chi connectivity index (χ1n) is 25.1. The van der Waals surface area contributed by atoms with Crippen molar-refractivity contribution in [2.24, 2.45) is 34.6 Å². The van der Waals surface area contributed by atoms with Gasteiger partial charge in [0.1, 0.15) is 36.3 Å². The molecule has 9 atom stereocenters. The van der Waals surface area contributed by atoms with Crippen molar-refractivity contribution in [1.29, 1.82) is 0 Å². The molecule has 2 aliphatic carbocycles.